The van der Waals surface area contributed by atoms with E-state index < -0.39 is 5.41 Å². The number of allylic oxidation sites excluding steroid dienone is 1. The lowest BCUT2D eigenvalue weighted by Crippen LogP contribution is -2.49. The maximum absolute atomic E-state index is 13.1. The highest BCUT2D eigenvalue weighted by molar-refractivity contribution is 6.07. The van der Waals surface area contributed by atoms with Gasteiger partial charge in [-0.15, -0.1) is 0 Å². The van der Waals surface area contributed by atoms with Gasteiger partial charge >= 0.3 is 0 Å². The van der Waals surface area contributed by atoms with Crippen molar-refractivity contribution in [3.05, 3.63) is 41.5 Å². The summed E-state index contributed by atoms with van der Waals surface area (Å²) in [4.78, 5) is 13.1. The Labute approximate surface area is 136 Å². The van der Waals surface area contributed by atoms with Gasteiger partial charge in [-0.2, -0.15) is 0 Å². The molecule has 6 rings (SSSR count). The summed E-state index contributed by atoms with van der Waals surface area (Å²) in [6.07, 6.45) is 4.04. The average molecular weight is 310 g/mol. The number of fused-ring (bicyclic) bond motifs is 2. The van der Waals surface area contributed by atoms with E-state index in [1.54, 1.807) is 0 Å². The summed E-state index contributed by atoms with van der Waals surface area (Å²) in [5.41, 5.74) is 3.06. The van der Waals surface area contributed by atoms with Crippen molar-refractivity contribution in [3.63, 3.8) is 0 Å². The zero-order valence-corrected chi connectivity index (χ0v) is 13.3. The van der Waals surface area contributed by atoms with Gasteiger partial charge in [-0.3, -0.25) is 4.79 Å². The first kappa shape index (κ1) is 13.8. The lowest BCUT2D eigenvalue weighted by Gasteiger charge is -2.42. The van der Waals surface area contributed by atoms with Gasteiger partial charge in [0.15, 0.2) is 0 Å². The van der Waals surface area contributed by atoms with Gasteiger partial charge in [0, 0.05) is 24.2 Å². The summed E-state index contributed by atoms with van der Waals surface area (Å²) in [5, 5.41) is 6.81. The van der Waals surface area contributed by atoms with Gasteiger partial charge in [0.2, 0.25) is 5.91 Å². The number of benzene rings is 1. The number of hydrogen-bond donors (Lipinski definition) is 2. The lowest BCUT2D eigenvalue weighted by molar-refractivity contribution is -0.129. The van der Waals surface area contributed by atoms with Crippen molar-refractivity contribution in [2.45, 2.75) is 37.3 Å². The molecule has 120 valence electrons. The minimum Gasteiger partial charge on any atom is -0.376 e. The number of piperidine rings is 1. The fourth-order valence-corrected chi connectivity index (χ4v) is 5.39. The molecule has 2 N–H and O–H groups in total. The SMILES string of the molecule is C/C=C1\CN[C@@H]2C[C@@]3(C(=O)Nc4ccccc43)[C@H]3C[C@H]1[C@H]2CO3. The number of hydrogen-bond acceptors (Lipinski definition) is 3. The van der Waals surface area contributed by atoms with Crippen molar-refractivity contribution in [3.8, 4) is 0 Å². The molecule has 4 fully saturated rings. The van der Waals surface area contributed by atoms with Crippen molar-refractivity contribution < 1.29 is 9.53 Å². The molecule has 5 atom stereocenters. The number of carbonyl (C=O) groups excluding carboxylic acids is 1. The van der Waals surface area contributed by atoms with Crippen LogP contribution >= 0.6 is 0 Å². The maximum Gasteiger partial charge on any atom is 0.237 e. The third-order valence-corrected chi connectivity index (χ3v) is 6.56. The largest absolute Gasteiger partial charge is 0.376 e. The van der Waals surface area contributed by atoms with Crippen LogP contribution in [-0.2, 0) is 14.9 Å². The van der Waals surface area contributed by atoms with Crippen molar-refractivity contribution in [1.29, 1.82) is 0 Å². The molecule has 4 heteroatoms. The number of amides is 1. The first-order chi connectivity index (χ1) is 11.2. The number of carbonyl (C=O) groups is 1. The Balaban J connectivity index is 1.67. The molecule has 3 saturated heterocycles. The average Bonchev–Trinajstić information content (AvgIpc) is 2.71. The molecule has 5 aliphatic rings. The van der Waals surface area contributed by atoms with Gasteiger partial charge < -0.3 is 15.4 Å². The second kappa shape index (κ2) is 4.68. The fourth-order valence-electron chi connectivity index (χ4n) is 5.39. The Morgan fingerprint density at radius 2 is 2.22 bits per heavy atom. The molecule has 1 aliphatic carbocycles. The summed E-state index contributed by atoms with van der Waals surface area (Å²) in [5.74, 6) is 1.18. The third-order valence-electron chi connectivity index (χ3n) is 6.56. The summed E-state index contributed by atoms with van der Waals surface area (Å²) >= 11 is 0. The Kier molecular flexibility index (Phi) is 2.80. The van der Waals surface area contributed by atoms with E-state index in [2.05, 4.69) is 29.7 Å². The van der Waals surface area contributed by atoms with Crippen LogP contribution in [-0.4, -0.2) is 31.2 Å². The molecule has 4 heterocycles. The minimum atomic E-state index is -0.527. The van der Waals surface area contributed by atoms with Crippen LogP contribution in [0.1, 0.15) is 25.3 Å². The van der Waals surface area contributed by atoms with Crippen LogP contribution < -0.4 is 10.6 Å². The fraction of sp³-hybridized carbons (Fsp3) is 0.526. The summed E-state index contributed by atoms with van der Waals surface area (Å²) < 4.78 is 6.27. The molecule has 0 unspecified atom stereocenters. The lowest BCUT2D eigenvalue weighted by atomic mass is 9.72. The number of para-hydroxylation sites is 1. The van der Waals surface area contributed by atoms with E-state index in [1.807, 2.05) is 18.2 Å². The minimum absolute atomic E-state index is 0.0211. The Morgan fingerprint density at radius 3 is 3.09 bits per heavy atom. The van der Waals surface area contributed by atoms with Crippen LogP contribution in [0.2, 0.25) is 0 Å². The second-order valence-corrected chi connectivity index (χ2v) is 7.35. The highest BCUT2D eigenvalue weighted by Crippen LogP contribution is 2.54. The van der Waals surface area contributed by atoms with Crippen LogP contribution in [0.4, 0.5) is 5.69 Å². The Morgan fingerprint density at radius 1 is 1.35 bits per heavy atom. The van der Waals surface area contributed by atoms with Gasteiger partial charge in [0.05, 0.1) is 12.7 Å². The molecule has 1 spiro atoms. The zero-order valence-electron chi connectivity index (χ0n) is 13.3. The van der Waals surface area contributed by atoms with E-state index in [0.29, 0.717) is 17.9 Å². The number of rotatable bonds is 0. The molecule has 1 amide bonds. The smallest absolute Gasteiger partial charge is 0.237 e. The predicted octanol–water partition coefficient (Wildman–Crippen LogP) is 2.22. The summed E-state index contributed by atoms with van der Waals surface area (Å²) in [6.45, 7) is 3.85. The monoisotopic (exact) mass is 310 g/mol. The molecule has 4 aliphatic heterocycles. The highest BCUT2D eigenvalue weighted by atomic mass is 16.5. The maximum atomic E-state index is 13.1. The van der Waals surface area contributed by atoms with Crippen molar-refractivity contribution in [1.82, 2.24) is 5.32 Å². The molecule has 1 saturated carbocycles. The van der Waals surface area contributed by atoms with E-state index in [1.165, 1.54) is 5.57 Å². The van der Waals surface area contributed by atoms with Crippen molar-refractivity contribution >= 4 is 11.6 Å². The van der Waals surface area contributed by atoms with Gasteiger partial charge in [0.25, 0.3) is 0 Å². The van der Waals surface area contributed by atoms with Gasteiger partial charge in [0.1, 0.15) is 5.41 Å². The normalized spacial score (nSPS) is 42.7. The molecule has 0 radical (unpaired) electrons. The van der Waals surface area contributed by atoms with Gasteiger partial charge in [-0.05, 0) is 37.3 Å². The van der Waals surface area contributed by atoms with E-state index in [-0.39, 0.29) is 12.0 Å². The molecule has 23 heavy (non-hydrogen) atoms. The van der Waals surface area contributed by atoms with E-state index in [4.69, 9.17) is 4.74 Å². The predicted molar refractivity (Wildman–Crippen MR) is 88.3 cm³/mol. The number of ether oxygens (including phenoxy) is 1. The molecule has 0 aromatic heterocycles. The topological polar surface area (TPSA) is 50.4 Å². The summed E-state index contributed by atoms with van der Waals surface area (Å²) in [7, 11) is 0. The van der Waals surface area contributed by atoms with Crippen LogP contribution in [0.25, 0.3) is 0 Å². The Hall–Kier alpha value is -1.65. The van der Waals surface area contributed by atoms with Crippen LogP contribution in [0.5, 0.6) is 0 Å². The number of nitrogens with one attached hydrogen (secondary N) is 2. The second-order valence-electron chi connectivity index (χ2n) is 7.35. The molecule has 4 nitrogen and oxygen atoms in total. The van der Waals surface area contributed by atoms with E-state index in [9.17, 15) is 4.79 Å². The molecular weight excluding hydrogens is 288 g/mol. The first-order valence-corrected chi connectivity index (χ1v) is 8.65. The zero-order chi connectivity index (χ0) is 15.6. The van der Waals surface area contributed by atoms with Crippen LogP contribution in [0.15, 0.2) is 35.9 Å². The molecule has 4 bridgehead atoms. The molecule has 1 aromatic rings. The van der Waals surface area contributed by atoms with Gasteiger partial charge in [-0.1, -0.05) is 29.8 Å². The first-order valence-electron chi connectivity index (χ1n) is 8.65. The molecule has 1 aromatic carbocycles. The Bertz CT molecular complexity index is 713. The molecular formula is C19H22N2O2. The standard InChI is InChI=1S/C19H22N2O2/c1-2-11-9-20-16-8-19(17-7-12(11)13(16)10-23-17)14-5-3-4-6-15(14)21-18(19)22/h2-6,12-13,16-17,20H,7-10H2,1H3,(H,21,22)/b11-2+/t12-,13-,16-,17-,19+/m1/s1. The van der Waals surface area contributed by atoms with E-state index in [0.717, 1.165) is 37.2 Å². The van der Waals surface area contributed by atoms with Crippen LogP contribution in [0, 0.1) is 11.8 Å². The highest BCUT2D eigenvalue weighted by Gasteiger charge is 2.60. The van der Waals surface area contributed by atoms with E-state index >= 15 is 0 Å². The van der Waals surface area contributed by atoms with Crippen LogP contribution in [0.3, 0.4) is 0 Å². The number of anilines is 1. The third kappa shape index (κ3) is 1.65. The van der Waals surface area contributed by atoms with Gasteiger partial charge in [-0.25, -0.2) is 0 Å². The van der Waals surface area contributed by atoms with Crippen molar-refractivity contribution in [2.24, 2.45) is 11.8 Å². The quantitative estimate of drug-likeness (QED) is 0.723. The summed E-state index contributed by atoms with van der Waals surface area (Å²) in [6, 6.07) is 8.50. The van der Waals surface area contributed by atoms with Crippen molar-refractivity contribution in [2.75, 3.05) is 18.5 Å².